The summed E-state index contributed by atoms with van der Waals surface area (Å²) in [6, 6.07) is 15.4. The Balaban J connectivity index is 2.14. The van der Waals surface area contributed by atoms with Crippen LogP contribution in [0.25, 0.3) is 0 Å². The molecule has 2 heteroatoms. The Hall–Kier alpha value is -1.96. The normalized spacial score (nSPS) is 10.2. The molecule has 0 saturated carbocycles. The van der Waals surface area contributed by atoms with Crippen LogP contribution in [0.15, 0.2) is 48.5 Å². The van der Waals surface area contributed by atoms with E-state index >= 15 is 0 Å². The summed E-state index contributed by atoms with van der Waals surface area (Å²) in [5.41, 5.74) is 2.12. The van der Waals surface area contributed by atoms with E-state index in [1.165, 1.54) is 0 Å². The maximum atomic E-state index is 9.78. The number of aromatic hydroxyl groups is 1. The first-order valence-electron chi connectivity index (χ1n) is 5.79. The minimum atomic E-state index is 0.209. The van der Waals surface area contributed by atoms with Crippen molar-refractivity contribution in [1.29, 1.82) is 0 Å². The van der Waals surface area contributed by atoms with E-state index in [4.69, 9.17) is 4.74 Å². The van der Waals surface area contributed by atoms with Crippen molar-refractivity contribution in [3.63, 3.8) is 0 Å². The molecule has 2 nitrogen and oxygen atoms in total. The minimum Gasteiger partial charge on any atom is -0.504 e. The molecule has 17 heavy (non-hydrogen) atoms. The molecule has 0 aliphatic carbocycles. The Kier molecular flexibility index (Phi) is 3.66. The highest BCUT2D eigenvalue weighted by Crippen LogP contribution is 2.30. The van der Waals surface area contributed by atoms with Gasteiger partial charge in [-0.25, -0.2) is 0 Å². The Labute approximate surface area is 101 Å². The lowest BCUT2D eigenvalue weighted by molar-refractivity contribution is 0.286. The Bertz CT molecular complexity index is 478. The van der Waals surface area contributed by atoms with E-state index in [1.54, 1.807) is 6.07 Å². The van der Waals surface area contributed by atoms with Crippen molar-refractivity contribution < 1.29 is 9.84 Å². The van der Waals surface area contributed by atoms with Crippen LogP contribution in [0.3, 0.4) is 0 Å². The van der Waals surface area contributed by atoms with Gasteiger partial charge in [0.25, 0.3) is 0 Å². The predicted molar refractivity (Wildman–Crippen MR) is 68.3 cm³/mol. The third kappa shape index (κ3) is 2.78. The Morgan fingerprint density at radius 1 is 1.00 bits per heavy atom. The van der Waals surface area contributed by atoms with Crippen molar-refractivity contribution in [2.75, 3.05) is 0 Å². The summed E-state index contributed by atoms with van der Waals surface area (Å²) in [6.45, 7) is 2.52. The number of benzene rings is 2. The molecule has 0 fully saturated rings. The number of para-hydroxylation sites is 1. The van der Waals surface area contributed by atoms with Gasteiger partial charge in [-0.3, -0.25) is 0 Å². The van der Waals surface area contributed by atoms with Gasteiger partial charge in [0.15, 0.2) is 11.5 Å². The van der Waals surface area contributed by atoms with Gasteiger partial charge < -0.3 is 9.84 Å². The van der Waals surface area contributed by atoms with Gasteiger partial charge in [-0.1, -0.05) is 49.4 Å². The zero-order valence-corrected chi connectivity index (χ0v) is 9.89. The summed E-state index contributed by atoms with van der Waals surface area (Å²) in [4.78, 5) is 0. The highest BCUT2D eigenvalue weighted by molar-refractivity contribution is 5.45. The Morgan fingerprint density at radius 2 is 1.76 bits per heavy atom. The van der Waals surface area contributed by atoms with Crippen molar-refractivity contribution in [3.8, 4) is 11.5 Å². The van der Waals surface area contributed by atoms with Crippen molar-refractivity contribution in [1.82, 2.24) is 0 Å². The molecule has 1 N–H and O–H groups in total. The van der Waals surface area contributed by atoms with Crippen molar-refractivity contribution >= 4 is 0 Å². The van der Waals surface area contributed by atoms with Crippen LogP contribution < -0.4 is 4.74 Å². The maximum absolute atomic E-state index is 9.78. The van der Waals surface area contributed by atoms with Gasteiger partial charge in [0.1, 0.15) is 6.61 Å². The molecule has 0 spiro atoms. The lowest BCUT2D eigenvalue weighted by atomic mass is 10.1. The quantitative estimate of drug-likeness (QED) is 0.867. The SMILES string of the molecule is CCc1cccc(O)c1OCc1ccccc1. The van der Waals surface area contributed by atoms with Crippen LogP contribution in [-0.4, -0.2) is 5.11 Å². The number of phenolic OH excluding ortho intramolecular Hbond substituents is 1. The van der Waals surface area contributed by atoms with E-state index in [-0.39, 0.29) is 5.75 Å². The second-order valence-electron chi connectivity index (χ2n) is 3.89. The van der Waals surface area contributed by atoms with Gasteiger partial charge in [0, 0.05) is 0 Å². The average Bonchev–Trinajstić information content (AvgIpc) is 2.38. The zero-order valence-electron chi connectivity index (χ0n) is 9.89. The molecular formula is C15H16O2. The van der Waals surface area contributed by atoms with Crippen LogP contribution in [0.5, 0.6) is 11.5 Å². The first-order valence-corrected chi connectivity index (χ1v) is 5.79. The molecule has 0 bridgehead atoms. The molecule has 0 aromatic heterocycles. The molecule has 0 amide bonds. The molecule has 0 aliphatic heterocycles. The molecule has 0 atom stereocenters. The van der Waals surface area contributed by atoms with Crippen LogP contribution in [0, 0.1) is 0 Å². The summed E-state index contributed by atoms with van der Waals surface area (Å²) >= 11 is 0. The van der Waals surface area contributed by atoms with E-state index in [9.17, 15) is 5.11 Å². The van der Waals surface area contributed by atoms with E-state index < -0.39 is 0 Å². The standard InChI is InChI=1S/C15H16O2/c1-2-13-9-6-10-14(16)15(13)17-11-12-7-4-3-5-8-12/h3-10,16H,2,11H2,1H3. The van der Waals surface area contributed by atoms with Crippen molar-refractivity contribution in [2.45, 2.75) is 20.0 Å². The summed E-state index contributed by atoms with van der Waals surface area (Å²) in [5.74, 6) is 0.805. The number of hydrogen-bond acceptors (Lipinski definition) is 2. The first-order chi connectivity index (χ1) is 8.31. The molecule has 0 aliphatic rings. The molecule has 2 aromatic rings. The summed E-state index contributed by atoms with van der Waals surface area (Å²) in [7, 11) is 0. The fraction of sp³-hybridized carbons (Fsp3) is 0.200. The van der Waals surface area contributed by atoms with Gasteiger partial charge in [-0.15, -0.1) is 0 Å². The van der Waals surface area contributed by atoms with Gasteiger partial charge in [0.05, 0.1) is 0 Å². The Morgan fingerprint density at radius 3 is 2.47 bits per heavy atom. The molecule has 2 rings (SSSR count). The fourth-order valence-electron chi connectivity index (χ4n) is 1.75. The average molecular weight is 228 g/mol. The highest BCUT2D eigenvalue weighted by Gasteiger charge is 2.07. The van der Waals surface area contributed by atoms with Crippen LogP contribution >= 0.6 is 0 Å². The van der Waals surface area contributed by atoms with Crippen molar-refractivity contribution in [2.24, 2.45) is 0 Å². The number of ether oxygens (including phenoxy) is 1. The molecular weight excluding hydrogens is 212 g/mol. The van der Waals surface area contributed by atoms with E-state index in [0.29, 0.717) is 12.4 Å². The number of rotatable bonds is 4. The number of aryl methyl sites for hydroxylation is 1. The molecule has 0 saturated heterocycles. The summed E-state index contributed by atoms with van der Waals surface area (Å²) in [6.07, 6.45) is 0.846. The topological polar surface area (TPSA) is 29.5 Å². The molecule has 0 unspecified atom stereocenters. The monoisotopic (exact) mass is 228 g/mol. The van der Waals surface area contributed by atoms with Crippen LogP contribution in [-0.2, 0) is 13.0 Å². The van der Waals surface area contributed by atoms with E-state index in [1.807, 2.05) is 49.4 Å². The fourth-order valence-corrected chi connectivity index (χ4v) is 1.75. The first kappa shape index (κ1) is 11.5. The second-order valence-corrected chi connectivity index (χ2v) is 3.89. The van der Waals surface area contributed by atoms with Gasteiger partial charge in [0.2, 0.25) is 0 Å². The zero-order chi connectivity index (χ0) is 12.1. The number of hydrogen-bond donors (Lipinski definition) is 1. The van der Waals surface area contributed by atoms with Crippen LogP contribution in [0.2, 0.25) is 0 Å². The molecule has 2 aromatic carbocycles. The minimum absolute atomic E-state index is 0.209. The third-order valence-electron chi connectivity index (χ3n) is 2.68. The highest BCUT2D eigenvalue weighted by atomic mass is 16.5. The van der Waals surface area contributed by atoms with Crippen molar-refractivity contribution in [3.05, 3.63) is 59.7 Å². The van der Waals surface area contributed by atoms with E-state index in [2.05, 4.69) is 0 Å². The maximum Gasteiger partial charge on any atom is 0.164 e. The third-order valence-corrected chi connectivity index (χ3v) is 2.68. The van der Waals surface area contributed by atoms with Crippen LogP contribution in [0.4, 0.5) is 0 Å². The van der Waals surface area contributed by atoms with Gasteiger partial charge in [-0.05, 0) is 23.6 Å². The predicted octanol–water partition coefficient (Wildman–Crippen LogP) is 3.53. The second kappa shape index (κ2) is 5.39. The van der Waals surface area contributed by atoms with Gasteiger partial charge >= 0.3 is 0 Å². The molecule has 0 heterocycles. The van der Waals surface area contributed by atoms with E-state index in [0.717, 1.165) is 17.5 Å². The summed E-state index contributed by atoms with van der Waals surface area (Å²) in [5, 5.41) is 9.78. The lowest BCUT2D eigenvalue weighted by Gasteiger charge is -2.11. The molecule has 88 valence electrons. The molecule has 0 radical (unpaired) electrons. The smallest absolute Gasteiger partial charge is 0.164 e. The largest absolute Gasteiger partial charge is 0.504 e. The van der Waals surface area contributed by atoms with Crippen LogP contribution in [0.1, 0.15) is 18.1 Å². The number of phenols is 1. The summed E-state index contributed by atoms with van der Waals surface area (Å²) < 4.78 is 5.69. The lowest BCUT2D eigenvalue weighted by Crippen LogP contribution is -1.98. The van der Waals surface area contributed by atoms with Gasteiger partial charge in [-0.2, -0.15) is 0 Å².